The monoisotopic (exact) mass is 329 g/mol. The second-order valence-electron chi connectivity index (χ2n) is 6.11. The Morgan fingerprint density at radius 1 is 1.29 bits per heavy atom. The summed E-state index contributed by atoms with van der Waals surface area (Å²) in [6.45, 7) is 0. The van der Waals surface area contributed by atoms with Crippen LogP contribution in [-0.4, -0.2) is 11.1 Å². The Morgan fingerprint density at radius 2 is 1.95 bits per heavy atom. The van der Waals surface area contributed by atoms with Crippen LogP contribution in [0.1, 0.15) is 56.6 Å². The molecular formula is C16H21Cl2NO2. The molecule has 3 N–H and O–H groups in total. The van der Waals surface area contributed by atoms with Crippen molar-refractivity contribution in [3.8, 4) is 0 Å². The first kappa shape index (κ1) is 16.6. The summed E-state index contributed by atoms with van der Waals surface area (Å²) in [6.07, 6.45) is 6.03. The van der Waals surface area contributed by atoms with Crippen molar-refractivity contribution < 1.29 is 9.90 Å². The third-order valence-corrected chi connectivity index (χ3v) is 5.02. The first-order valence-corrected chi connectivity index (χ1v) is 8.10. The zero-order valence-electron chi connectivity index (χ0n) is 11.9. The van der Waals surface area contributed by atoms with E-state index in [9.17, 15) is 9.90 Å². The molecule has 21 heavy (non-hydrogen) atoms. The molecule has 1 aliphatic carbocycles. The Balaban J connectivity index is 2.17. The van der Waals surface area contributed by atoms with Crippen molar-refractivity contribution in [2.75, 3.05) is 0 Å². The molecule has 0 heterocycles. The number of halogens is 2. The van der Waals surface area contributed by atoms with Crippen molar-refractivity contribution in [2.24, 2.45) is 11.1 Å². The third-order valence-electron chi connectivity index (χ3n) is 4.46. The Labute approximate surface area is 135 Å². The summed E-state index contributed by atoms with van der Waals surface area (Å²) in [5, 5.41) is 10.4. The molecule has 116 valence electrons. The van der Waals surface area contributed by atoms with E-state index in [0.717, 1.165) is 31.2 Å². The summed E-state index contributed by atoms with van der Waals surface area (Å²) in [6, 6.07) is 5.04. The summed E-state index contributed by atoms with van der Waals surface area (Å²) < 4.78 is 0. The number of benzene rings is 1. The minimum absolute atomic E-state index is 0.186. The molecule has 1 aliphatic rings. The van der Waals surface area contributed by atoms with E-state index < -0.39 is 5.97 Å². The SMILES string of the molecule is NC(CC1(CC(=O)O)CCCCC1)c1ccc(Cl)cc1Cl. The number of carboxylic acids is 1. The number of carbonyl (C=O) groups is 1. The molecule has 1 unspecified atom stereocenters. The van der Waals surface area contributed by atoms with E-state index in [1.165, 1.54) is 6.42 Å². The van der Waals surface area contributed by atoms with Gasteiger partial charge in [-0.1, -0.05) is 48.5 Å². The lowest BCUT2D eigenvalue weighted by atomic mass is 9.67. The molecule has 1 saturated carbocycles. The van der Waals surface area contributed by atoms with Gasteiger partial charge in [-0.2, -0.15) is 0 Å². The number of nitrogens with two attached hydrogens (primary N) is 1. The van der Waals surface area contributed by atoms with Crippen LogP contribution in [0.4, 0.5) is 0 Å². The van der Waals surface area contributed by atoms with Gasteiger partial charge < -0.3 is 10.8 Å². The molecule has 0 aliphatic heterocycles. The van der Waals surface area contributed by atoms with Crippen LogP contribution in [0.25, 0.3) is 0 Å². The molecule has 5 heteroatoms. The third kappa shape index (κ3) is 4.35. The molecule has 0 bridgehead atoms. The van der Waals surface area contributed by atoms with E-state index in [2.05, 4.69) is 0 Å². The number of hydrogen-bond acceptors (Lipinski definition) is 2. The van der Waals surface area contributed by atoms with Gasteiger partial charge >= 0.3 is 5.97 Å². The topological polar surface area (TPSA) is 63.3 Å². The molecule has 1 fully saturated rings. The van der Waals surface area contributed by atoms with Crippen LogP contribution >= 0.6 is 23.2 Å². The number of rotatable bonds is 5. The zero-order valence-corrected chi connectivity index (χ0v) is 13.5. The normalized spacial score (nSPS) is 19.2. The van der Waals surface area contributed by atoms with E-state index in [1.54, 1.807) is 12.1 Å². The molecule has 0 amide bonds. The fraction of sp³-hybridized carbons (Fsp3) is 0.562. The van der Waals surface area contributed by atoms with E-state index in [4.69, 9.17) is 28.9 Å². The maximum Gasteiger partial charge on any atom is 0.303 e. The predicted molar refractivity (Wildman–Crippen MR) is 85.8 cm³/mol. The van der Waals surface area contributed by atoms with Gasteiger partial charge in [0.15, 0.2) is 0 Å². The van der Waals surface area contributed by atoms with Crippen molar-refractivity contribution in [3.05, 3.63) is 33.8 Å². The van der Waals surface area contributed by atoms with Crippen molar-refractivity contribution in [1.29, 1.82) is 0 Å². The highest BCUT2D eigenvalue weighted by Crippen LogP contribution is 2.45. The van der Waals surface area contributed by atoms with Gasteiger partial charge in [0, 0.05) is 16.1 Å². The van der Waals surface area contributed by atoms with E-state index in [-0.39, 0.29) is 17.9 Å². The second kappa shape index (κ2) is 6.99. The van der Waals surface area contributed by atoms with E-state index in [0.29, 0.717) is 16.5 Å². The van der Waals surface area contributed by atoms with Gasteiger partial charge in [-0.15, -0.1) is 0 Å². The molecular weight excluding hydrogens is 309 g/mol. The molecule has 0 saturated heterocycles. The van der Waals surface area contributed by atoms with Crippen molar-refractivity contribution >= 4 is 29.2 Å². The fourth-order valence-electron chi connectivity index (χ4n) is 3.45. The van der Waals surface area contributed by atoms with Crippen molar-refractivity contribution in [3.63, 3.8) is 0 Å². The molecule has 1 atom stereocenters. The lowest BCUT2D eigenvalue weighted by Crippen LogP contribution is -2.31. The first-order valence-electron chi connectivity index (χ1n) is 7.34. The lowest BCUT2D eigenvalue weighted by molar-refractivity contribution is -0.140. The summed E-state index contributed by atoms with van der Waals surface area (Å²) in [5.74, 6) is -0.744. The quantitative estimate of drug-likeness (QED) is 0.814. The predicted octanol–water partition coefficient (Wildman–Crippen LogP) is 4.81. The van der Waals surface area contributed by atoms with Gasteiger partial charge in [0.1, 0.15) is 0 Å². The number of hydrogen-bond donors (Lipinski definition) is 2. The Hall–Kier alpha value is -0.770. The molecule has 0 spiro atoms. The van der Waals surface area contributed by atoms with Crippen LogP contribution in [-0.2, 0) is 4.79 Å². The molecule has 1 aromatic rings. The van der Waals surface area contributed by atoms with Crippen LogP contribution in [0.2, 0.25) is 10.0 Å². The van der Waals surface area contributed by atoms with E-state index >= 15 is 0 Å². The molecule has 2 rings (SSSR count). The van der Waals surface area contributed by atoms with Gasteiger partial charge in [-0.05, 0) is 42.4 Å². The Morgan fingerprint density at radius 3 is 2.52 bits per heavy atom. The van der Waals surface area contributed by atoms with E-state index in [1.807, 2.05) is 6.07 Å². The average molecular weight is 330 g/mol. The summed E-state index contributed by atoms with van der Waals surface area (Å²) in [4.78, 5) is 11.2. The van der Waals surface area contributed by atoms with Crippen LogP contribution in [0.15, 0.2) is 18.2 Å². The fourth-order valence-corrected chi connectivity index (χ4v) is 4.00. The number of aliphatic carboxylic acids is 1. The van der Waals surface area contributed by atoms with Crippen LogP contribution in [0, 0.1) is 5.41 Å². The molecule has 3 nitrogen and oxygen atoms in total. The largest absolute Gasteiger partial charge is 0.481 e. The highest BCUT2D eigenvalue weighted by Gasteiger charge is 2.36. The number of carboxylic acid groups (broad SMARTS) is 1. The van der Waals surface area contributed by atoms with Gasteiger partial charge in [0.2, 0.25) is 0 Å². The van der Waals surface area contributed by atoms with Crippen LogP contribution in [0.5, 0.6) is 0 Å². The smallest absolute Gasteiger partial charge is 0.303 e. The van der Waals surface area contributed by atoms with Crippen LogP contribution < -0.4 is 5.73 Å². The van der Waals surface area contributed by atoms with Crippen molar-refractivity contribution in [2.45, 2.75) is 51.0 Å². The Kier molecular flexibility index (Phi) is 5.53. The summed E-state index contributed by atoms with van der Waals surface area (Å²) in [5.41, 5.74) is 6.96. The minimum Gasteiger partial charge on any atom is -0.481 e. The van der Waals surface area contributed by atoms with Crippen LogP contribution in [0.3, 0.4) is 0 Å². The van der Waals surface area contributed by atoms with Crippen molar-refractivity contribution in [1.82, 2.24) is 0 Å². The second-order valence-corrected chi connectivity index (χ2v) is 6.95. The maximum absolute atomic E-state index is 11.2. The standard InChI is InChI=1S/C16H21Cl2NO2/c17-11-4-5-12(13(18)8-11)14(19)9-16(10-15(20)21)6-2-1-3-7-16/h4-5,8,14H,1-3,6-7,9-10,19H2,(H,20,21). The highest BCUT2D eigenvalue weighted by atomic mass is 35.5. The zero-order chi connectivity index (χ0) is 15.5. The minimum atomic E-state index is -0.744. The maximum atomic E-state index is 11.2. The van der Waals surface area contributed by atoms with Gasteiger partial charge in [0.25, 0.3) is 0 Å². The highest BCUT2D eigenvalue weighted by molar-refractivity contribution is 6.35. The molecule has 1 aromatic carbocycles. The molecule has 0 radical (unpaired) electrons. The lowest BCUT2D eigenvalue weighted by Gasteiger charge is -2.38. The van der Waals surface area contributed by atoms with Gasteiger partial charge in [0.05, 0.1) is 6.42 Å². The summed E-state index contributed by atoms with van der Waals surface area (Å²) in [7, 11) is 0. The first-order chi connectivity index (χ1) is 9.92. The average Bonchev–Trinajstić information content (AvgIpc) is 2.38. The van der Waals surface area contributed by atoms with Gasteiger partial charge in [-0.3, -0.25) is 4.79 Å². The van der Waals surface area contributed by atoms with Gasteiger partial charge in [-0.25, -0.2) is 0 Å². The Bertz CT molecular complexity index is 513. The molecule has 0 aromatic heterocycles. The summed E-state index contributed by atoms with van der Waals surface area (Å²) >= 11 is 12.1.